The van der Waals surface area contributed by atoms with Gasteiger partial charge in [0.2, 0.25) is 0 Å². The first-order chi connectivity index (χ1) is 10.0. The van der Waals surface area contributed by atoms with Gasteiger partial charge in [-0.15, -0.1) is 0 Å². The SMILES string of the molecule is CC[C@H](NC(=O)c1ccc(N(C)C)cc1)c1ncc(C)[nH]1. The second kappa shape index (κ2) is 6.43. The summed E-state index contributed by atoms with van der Waals surface area (Å²) in [5.74, 6) is 0.717. The van der Waals surface area contributed by atoms with Crippen molar-refractivity contribution in [3.05, 3.63) is 47.5 Å². The quantitative estimate of drug-likeness (QED) is 0.888. The molecule has 5 heteroatoms. The van der Waals surface area contributed by atoms with Crippen molar-refractivity contribution in [1.82, 2.24) is 15.3 Å². The zero-order chi connectivity index (χ0) is 15.4. The number of H-pyrrole nitrogens is 1. The van der Waals surface area contributed by atoms with Crippen LogP contribution in [-0.2, 0) is 0 Å². The highest BCUT2D eigenvalue weighted by Crippen LogP contribution is 2.16. The first kappa shape index (κ1) is 15.1. The Kier molecular flexibility index (Phi) is 4.62. The van der Waals surface area contributed by atoms with E-state index in [2.05, 4.69) is 15.3 Å². The summed E-state index contributed by atoms with van der Waals surface area (Å²) >= 11 is 0. The van der Waals surface area contributed by atoms with Crippen LogP contribution < -0.4 is 10.2 Å². The van der Waals surface area contributed by atoms with Gasteiger partial charge in [-0.1, -0.05) is 6.92 Å². The van der Waals surface area contributed by atoms with Gasteiger partial charge in [-0.2, -0.15) is 0 Å². The molecule has 5 nitrogen and oxygen atoms in total. The lowest BCUT2D eigenvalue weighted by atomic mass is 10.1. The molecule has 2 N–H and O–H groups in total. The molecule has 0 aliphatic rings. The normalized spacial score (nSPS) is 12.0. The summed E-state index contributed by atoms with van der Waals surface area (Å²) in [5.41, 5.74) is 2.72. The number of hydrogen-bond acceptors (Lipinski definition) is 3. The van der Waals surface area contributed by atoms with Gasteiger partial charge in [0.25, 0.3) is 5.91 Å². The summed E-state index contributed by atoms with van der Waals surface area (Å²) in [6.45, 7) is 3.98. The van der Waals surface area contributed by atoms with E-state index < -0.39 is 0 Å². The number of carbonyl (C=O) groups excluding carboxylic acids is 1. The lowest BCUT2D eigenvalue weighted by molar-refractivity contribution is 0.0934. The van der Waals surface area contributed by atoms with E-state index in [1.807, 2.05) is 57.1 Å². The van der Waals surface area contributed by atoms with E-state index in [4.69, 9.17) is 0 Å². The van der Waals surface area contributed by atoms with Gasteiger partial charge < -0.3 is 15.2 Å². The minimum atomic E-state index is -0.0975. The van der Waals surface area contributed by atoms with Gasteiger partial charge in [0.15, 0.2) is 0 Å². The standard InChI is InChI=1S/C16H22N4O/c1-5-14(15-17-10-11(2)18-15)19-16(21)12-6-8-13(9-7-12)20(3)4/h6-10,14H,5H2,1-4H3,(H,17,18)(H,19,21)/t14-/m0/s1. The van der Waals surface area contributed by atoms with E-state index >= 15 is 0 Å². The average molecular weight is 286 g/mol. The molecule has 21 heavy (non-hydrogen) atoms. The van der Waals surface area contributed by atoms with Crippen LogP contribution in [0.3, 0.4) is 0 Å². The van der Waals surface area contributed by atoms with Crippen molar-refractivity contribution in [2.45, 2.75) is 26.3 Å². The molecule has 0 bridgehead atoms. The molecule has 0 aliphatic carbocycles. The molecule has 112 valence electrons. The maximum atomic E-state index is 12.3. The van der Waals surface area contributed by atoms with Crippen LogP contribution in [0.4, 0.5) is 5.69 Å². The Bertz CT molecular complexity index is 601. The topological polar surface area (TPSA) is 61.0 Å². The van der Waals surface area contributed by atoms with E-state index in [9.17, 15) is 4.79 Å². The first-order valence-electron chi connectivity index (χ1n) is 7.11. The number of nitrogens with zero attached hydrogens (tertiary/aromatic N) is 2. The third-order valence-electron chi connectivity index (χ3n) is 3.41. The Morgan fingerprint density at radius 3 is 2.48 bits per heavy atom. The number of hydrogen-bond donors (Lipinski definition) is 2. The van der Waals surface area contributed by atoms with Crippen LogP contribution in [0.5, 0.6) is 0 Å². The first-order valence-corrected chi connectivity index (χ1v) is 7.11. The van der Waals surface area contributed by atoms with E-state index in [1.54, 1.807) is 6.20 Å². The zero-order valence-electron chi connectivity index (χ0n) is 13.0. The summed E-state index contributed by atoms with van der Waals surface area (Å²) in [4.78, 5) is 21.8. The van der Waals surface area contributed by atoms with Gasteiger partial charge in [0, 0.05) is 37.2 Å². The van der Waals surface area contributed by atoms with Gasteiger partial charge in [-0.3, -0.25) is 4.79 Å². The number of aromatic nitrogens is 2. The fourth-order valence-corrected chi connectivity index (χ4v) is 2.13. The number of aryl methyl sites for hydroxylation is 1. The number of anilines is 1. The number of carbonyl (C=O) groups is 1. The summed E-state index contributed by atoms with van der Waals surface area (Å²) in [7, 11) is 3.95. The minimum Gasteiger partial charge on any atom is -0.378 e. The lowest BCUT2D eigenvalue weighted by Crippen LogP contribution is -2.29. The third-order valence-corrected chi connectivity index (χ3v) is 3.41. The van der Waals surface area contributed by atoms with Gasteiger partial charge in [0.1, 0.15) is 5.82 Å². The van der Waals surface area contributed by atoms with Crippen LogP contribution in [-0.4, -0.2) is 30.0 Å². The molecule has 1 aromatic carbocycles. The van der Waals surface area contributed by atoms with Gasteiger partial charge in [-0.05, 0) is 37.6 Å². The number of amides is 1. The Hall–Kier alpha value is -2.30. The molecule has 0 unspecified atom stereocenters. The smallest absolute Gasteiger partial charge is 0.251 e. The molecular formula is C16H22N4O. The van der Waals surface area contributed by atoms with Crippen molar-refractivity contribution in [2.75, 3.05) is 19.0 Å². The second-order valence-electron chi connectivity index (χ2n) is 5.33. The zero-order valence-corrected chi connectivity index (χ0v) is 13.0. The lowest BCUT2D eigenvalue weighted by Gasteiger charge is -2.16. The van der Waals surface area contributed by atoms with Gasteiger partial charge in [0.05, 0.1) is 6.04 Å². The molecule has 0 radical (unpaired) electrons. The number of nitrogens with one attached hydrogen (secondary N) is 2. The fraction of sp³-hybridized carbons (Fsp3) is 0.375. The number of imidazole rings is 1. The second-order valence-corrected chi connectivity index (χ2v) is 5.33. The van der Waals surface area contributed by atoms with E-state index in [-0.39, 0.29) is 11.9 Å². The van der Waals surface area contributed by atoms with E-state index in [0.29, 0.717) is 5.56 Å². The van der Waals surface area contributed by atoms with Crippen molar-refractivity contribution in [1.29, 1.82) is 0 Å². The number of rotatable bonds is 5. The van der Waals surface area contributed by atoms with Crippen molar-refractivity contribution >= 4 is 11.6 Å². The Labute approximate surface area is 125 Å². The molecular weight excluding hydrogens is 264 g/mol. The molecule has 0 aliphatic heterocycles. The molecule has 1 heterocycles. The van der Waals surface area contributed by atoms with Crippen LogP contribution >= 0.6 is 0 Å². The Balaban J connectivity index is 2.09. The molecule has 0 spiro atoms. The summed E-state index contributed by atoms with van der Waals surface area (Å²) in [5, 5.41) is 3.01. The van der Waals surface area contributed by atoms with Crippen LogP contribution in [0.15, 0.2) is 30.5 Å². The fourth-order valence-electron chi connectivity index (χ4n) is 2.13. The highest BCUT2D eigenvalue weighted by Gasteiger charge is 2.16. The number of benzene rings is 1. The summed E-state index contributed by atoms with van der Waals surface area (Å²) < 4.78 is 0. The van der Waals surface area contributed by atoms with Crippen molar-refractivity contribution in [3.8, 4) is 0 Å². The van der Waals surface area contributed by atoms with Gasteiger partial charge >= 0.3 is 0 Å². The molecule has 0 saturated heterocycles. The minimum absolute atomic E-state index is 0.0822. The summed E-state index contributed by atoms with van der Waals surface area (Å²) in [6.07, 6.45) is 2.56. The summed E-state index contributed by atoms with van der Waals surface area (Å²) in [6, 6.07) is 7.45. The van der Waals surface area contributed by atoms with Crippen LogP contribution in [0.1, 0.15) is 41.3 Å². The third kappa shape index (κ3) is 3.62. The van der Waals surface area contributed by atoms with Crippen LogP contribution in [0, 0.1) is 6.92 Å². The maximum absolute atomic E-state index is 12.3. The Morgan fingerprint density at radius 2 is 2.00 bits per heavy atom. The maximum Gasteiger partial charge on any atom is 0.251 e. The molecule has 0 saturated carbocycles. The highest BCUT2D eigenvalue weighted by molar-refractivity contribution is 5.94. The molecule has 1 atom stereocenters. The molecule has 2 rings (SSSR count). The van der Waals surface area contributed by atoms with Crippen molar-refractivity contribution in [3.63, 3.8) is 0 Å². The monoisotopic (exact) mass is 286 g/mol. The molecule has 2 aromatic rings. The average Bonchev–Trinajstić information content (AvgIpc) is 2.91. The number of aromatic amines is 1. The predicted molar refractivity (Wildman–Crippen MR) is 84.6 cm³/mol. The molecule has 0 fully saturated rings. The van der Waals surface area contributed by atoms with Crippen molar-refractivity contribution < 1.29 is 4.79 Å². The van der Waals surface area contributed by atoms with Crippen molar-refractivity contribution in [2.24, 2.45) is 0 Å². The molecule has 1 aromatic heterocycles. The van der Waals surface area contributed by atoms with E-state index in [0.717, 1.165) is 23.6 Å². The highest BCUT2D eigenvalue weighted by atomic mass is 16.1. The van der Waals surface area contributed by atoms with Crippen LogP contribution in [0.2, 0.25) is 0 Å². The van der Waals surface area contributed by atoms with Crippen LogP contribution in [0.25, 0.3) is 0 Å². The van der Waals surface area contributed by atoms with E-state index in [1.165, 1.54) is 0 Å². The Morgan fingerprint density at radius 1 is 1.33 bits per heavy atom. The molecule has 1 amide bonds. The predicted octanol–water partition coefficient (Wildman–Crippen LogP) is 2.67. The van der Waals surface area contributed by atoms with Gasteiger partial charge in [-0.25, -0.2) is 4.98 Å². The largest absolute Gasteiger partial charge is 0.378 e.